The van der Waals surface area contributed by atoms with E-state index in [1.165, 1.54) is 4.90 Å². The number of benzene rings is 1. The van der Waals surface area contributed by atoms with Crippen molar-refractivity contribution in [2.45, 2.75) is 25.9 Å². The van der Waals surface area contributed by atoms with E-state index in [-0.39, 0.29) is 11.3 Å². The molecule has 7 nitrogen and oxygen atoms in total. The van der Waals surface area contributed by atoms with Crippen LogP contribution in [0.2, 0.25) is 0 Å². The summed E-state index contributed by atoms with van der Waals surface area (Å²) in [6.45, 7) is 2.99. The Hall–Kier alpha value is -3.74. The molecule has 30 heavy (non-hydrogen) atoms. The van der Waals surface area contributed by atoms with Crippen molar-refractivity contribution in [2.24, 2.45) is 0 Å². The minimum Gasteiger partial charge on any atom is -0.507 e. The number of rotatable bonds is 6. The summed E-state index contributed by atoms with van der Waals surface area (Å²) in [5, 5.41) is 11.0. The SMILES string of the molecule is Cc1ccc(C(O)=C2C(=O)C(=O)N(CCCn3ccnc3)C2c2ccncc2)cc1. The van der Waals surface area contributed by atoms with Gasteiger partial charge in [-0.25, -0.2) is 4.98 Å². The number of imidazole rings is 1. The van der Waals surface area contributed by atoms with E-state index in [0.717, 1.165) is 11.1 Å². The molecule has 0 aliphatic carbocycles. The Balaban J connectivity index is 1.71. The fourth-order valence-corrected chi connectivity index (χ4v) is 3.71. The van der Waals surface area contributed by atoms with Crippen molar-refractivity contribution < 1.29 is 14.7 Å². The Bertz CT molecular complexity index is 1070. The number of pyridine rings is 1. The van der Waals surface area contributed by atoms with Crippen LogP contribution in [-0.2, 0) is 16.1 Å². The van der Waals surface area contributed by atoms with Crippen LogP contribution in [-0.4, -0.2) is 42.8 Å². The van der Waals surface area contributed by atoms with Gasteiger partial charge in [0, 0.05) is 43.4 Å². The van der Waals surface area contributed by atoms with Crippen molar-refractivity contribution in [3.63, 3.8) is 0 Å². The number of amides is 1. The Morgan fingerprint density at radius 1 is 1.00 bits per heavy atom. The van der Waals surface area contributed by atoms with Crippen LogP contribution >= 0.6 is 0 Å². The molecule has 3 heterocycles. The monoisotopic (exact) mass is 402 g/mol. The number of aromatic nitrogens is 3. The number of carbonyl (C=O) groups is 2. The lowest BCUT2D eigenvalue weighted by Crippen LogP contribution is -2.31. The number of hydrogen-bond donors (Lipinski definition) is 1. The maximum Gasteiger partial charge on any atom is 0.295 e. The third-order valence-corrected chi connectivity index (χ3v) is 5.26. The second kappa shape index (κ2) is 8.32. The Labute approximate surface area is 174 Å². The van der Waals surface area contributed by atoms with E-state index in [0.29, 0.717) is 25.1 Å². The molecule has 1 aliphatic rings. The van der Waals surface area contributed by atoms with Crippen LogP contribution in [0.1, 0.15) is 29.2 Å². The normalized spacial score (nSPS) is 18.2. The molecule has 0 saturated carbocycles. The van der Waals surface area contributed by atoms with Gasteiger partial charge in [0.15, 0.2) is 0 Å². The fraction of sp³-hybridized carbons (Fsp3) is 0.217. The van der Waals surface area contributed by atoms with Crippen molar-refractivity contribution in [2.75, 3.05) is 6.54 Å². The molecule has 4 rings (SSSR count). The van der Waals surface area contributed by atoms with E-state index in [1.807, 2.05) is 29.8 Å². The van der Waals surface area contributed by atoms with Gasteiger partial charge in [-0.3, -0.25) is 14.6 Å². The molecule has 1 aromatic carbocycles. The second-order valence-electron chi connectivity index (χ2n) is 7.29. The summed E-state index contributed by atoms with van der Waals surface area (Å²) in [6.07, 6.45) is 9.15. The number of Topliss-reactive ketones (excluding diaryl/α,β-unsaturated/α-hetero) is 1. The van der Waals surface area contributed by atoms with Crippen LogP contribution in [0.5, 0.6) is 0 Å². The highest BCUT2D eigenvalue weighted by atomic mass is 16.3. The molecular weight excluding hydrogens is 380 g/mol. The molecule has 0 bridgehead atoms. The second-order valence-corrected chi connectivity index (χ2v) is 7.29. The van der Waals surface area contributed by atoms with Gasteiger partial charge in [0.1, 0.15) is 5.76 Å². The number of aryl methyl sites for hydroxylation is 2. The molecule has 0 spiro atoms. The number of hydrogen-bond acceptors (Lipinski definition) is 5. The summed E-state index contributed by atoms with van der Waals surface area (Å²) in [7, 11) is 0. The van der Waals surface area contributed by atoms with Gasteiger partial charge in [0.25, 0.3) is 11.7 Å². The summed E-state index contributed by atoms with van der Waals surface area (Å²) < 4.78 is 1.92. The summed E-state index contributed by atoms with van der Waals surface area (Å²) in [5.41, 5.74) is 2.39. The zero-order chi connectivity index (χ0) is 21.1. The molecule has 1 saturated heterocycles. The Morgan fingerprint density at radius 2 is 1.73 bits per heavy atom. The largest absolute Gasteiger partial charge is 0.507 e. The summed E-state index contributed by atoms with van der Waals surface area (Å²) >= 11 is 0. The predicted molar refractivity (Wildman–Crippen MR) is 111 cm³/mol. The minimum absolute atomic E-state index is 0.109. The van der Waals surface area contributed by atoms with Crippen molar-refractivity contribution in [1.82, 2.24) is 19.4 Å². The quantitative estimate of drug-likeness (QED) is 0.389. The number of likely N-dealkylation sites (tertiary alicyclic amines) is 1. The zero-order valence-electron chi connectivity index (χ0n) is 16.6. The minimum atomic E-state index is -0.669. The van der Waals surface area contributed by atoms with Crippen LogP contribution in [0.3, 0.4) is 0 Å². The first kappa shape index (κ1) is 19.6. The Morgan fingerprint density at radius 3 is 2.40 bits per heavy atom. The molecule has 1 unspecified atom stereocenters. The van der Waals surface area contributed by atoms with E-state index < -0.39 is 17.7 Å². The van der Waals surface area contributed by atoms with Crippen molar-refractivity contribution >= 4 is 17.4 Å². The molecule has 3 aromatic rings. The number of carbonyl (C=O) groups excluding carboxylic acids is 2. The highest BCUT2D eigenvalue weighted by Gasteiger charge is 2.45. The van der Waals surface area contributed by atoms with Gasteiger partial charge in [0.2, 0.25) is 0 Å². The predicted octanol–water partition coefficient (Wildman–Crippen LogP) is 3.10. The van der Waals surface area contributed by atoms with Crippen LogP contribution in [0.4, 0.5) is 0 Å². The molecule has 1 aliphatic heterocycles. The first-order chi connectivity index (χ1) is 14.6. The van der Waals surface area contributed by atoms with Gasteiger partial charge in [-0.2, -0.15) is 0 Å². The highest BCUT2D eigenvalue weighted by Crippen LogP contribution is 2.39. The van der Waals surface area contributed by atoms with Gasteiger partial charge >= 0.3 is 0 Å². The number of ketones is 1. The van der Waals surface area contributed by atoms with Crippen LogP contribution in [0.25, 0.3) is 5.76 Å². The number of aliphatic hydroxyl groups excluding tert-OH is 1. The van der Waals surface area contributed by atoms with E-state index in [1.54, 1.807) is 49.2 Å². The van der Waals surface area contributed by atoms with E-state index >= 15 is 0 Å². The van der Waals surface area contributed by atoms with E-state index in [4.69, 9.17) is 0 Å². The molecular formula is C23H22N4O3. The third-order valence-electron chi connectivity index (χ3n) is 5.26. The van der Waals surface area contributed by atoms with Gasteiger partial charge in [-0.1, -0.05) is 29.8 Å². The highest BCUT2D eigenvalue weighted by molar-refractivity contribution is 6.46. The number of aliphatic hydroxyl groups is 1. The van der Waals surface area contributed by atoms with Gasteiger partial charge < -0.3 is 14.6 Å². The fourth-order valence-electron chi connectivity index (χ4n) is 3.71. The lowest BCUT2D eigenvalue weighted by Gasteiger charge is -2.25. The molecule has 0 radical (unpaired) electrons. The standard InChI is InChI=1S/C23H22N4O3/c1-16-3-5-18(6-4-16)21(28)19-20(17-7-9-24-10-8-17)27(23(30)22(19)29)13-2-12-26-14-11-25-15-26/h3-11,14-15,20,28H,2,12-13H2,1H3. The average molecular weight is 402 g/mol. The molecule has 2 aromatic heterocycles. The zero-order valence-corrected chi connectivity index (χ0v) is 16.6. The van der Waals surface area contributed by atoms with Crippen LogP contribution in [0.15, 0.2) is 73.1 Å². The van der Waals surface area contributed by atoms with Gasteiger partial charge in [-0.15, -0.1) is 0 Å². The molecule has 1 amide bonds. The Kier molecular flexibility index (Phi) is 5.43. The van der Waals surface area contributed by atoms with Crippen molar-refractivity contribution in [1.29, 1.82) is 0 Å². The molecule has 1 atom stereocenters. The summed E-state index contributed by atoms with van der Waals surface area (Å²) in [6, 6.07) is 10.1. The molecule has 1 fully saturated rings. The summed E-state index contributed by atoms with van der Waals surface area (Å²) in [5.74, 6) is -1.43. The van der Waals surface area contributed by atoms with Crippen LogP contribution in [0, 0.1) is 6.92 Å². The summed E-state index contributed by atoms with van der Waals surface area (Å²) in [4.78, 5) is 35.4. The first-order valence-electron chi connectivity index (χ1n) is 9.77. The lowest BCUT2D eigenvalue weighted by molar-refractivity contribution is -0.139. The van der Waals surface area contributed by atoms with Gasteiger partial charge in [-0.05, 0) is 31.0 Å². The van der Waals surface area contributed by atoms with E-state index in [2.05, 4.69) is 9.97 Å². The molecule has 152 valence electrons. The average Bonchev–Trinajstić information content (AvgIpc) is 3.37. The lowest BCUT2D eigenvalue weighted by atomic mass is 9.95. The third kappa shape index (κ3) is 3.74. The smallest absolute Gasteiger partial charge is 0.295 e. The molecule has 1 N–H and O–H groups in total. The maximum absolute atomic E-state index is 12.9. The number of nitrogens with zero attached hydrogens (tertiary/aromatic N) is 4. The van der Waals surface area contributed by atoms with Gasteiger partial charge in [0.05, 0.1) is 17.9 Å². The first-order valence-corrected chi connectivity index (χ1v) is 9.77. The maximum atomic E-state index is 12.9. The van der Waals surface area contributed by atoms with E-state index in [9.17, 15) is 14.7 Å². The topological polar surface area (TPSA) is 88.3 Å². The molecule has 7 heteroatoms. The van der Waals surface area contributed by atoms with Crippen LogP contribution < -0.4 is 0 Å². The van der Waals surface area contributed by atoms with Crippen molar-refractivity contribution in [3.05, 3.63) is 89.8 Å². The van der Waals surface area contributed by atoms with Crippen molar-refractivity contribution in [3.8, 4) is 0 Å².